The maximum absolute atomic E-state index is 13.3. The third kappa shape index (κ3) is 3.71. The van der Waals surface area contributed by atoms with Gasteiger partial charge in [-0.1, -0.05) is 31.5 Å². The summed E-state index contributed by atoms with van der Waals surface area (Å²) >= 11 is 0. The van der Waals surface area contributed by atoms with E-state index in [1.165, 1.54) is 0 Å². The number of hydrogen-bond acceptors (Lipinski definition) is 3. The first-order chi connectivity index (χ1) is 12.7. The van der Waals surface area contributed by atoms with Crippen LogP contribution >= 0.6 is 0 Å². The molecule has 2 heterocycles. The predicted octanol–water partition coefficient (Wildman–Crippen LogP) is 3.40. The zero-order valence-electron chi connectivity index (χ0n) is 15.9. The van der Waals surface area contributed by atoms with E-state index in [9.17, 15) is 9.59 Å². The van der Waals surface area contributed by atoms with Crippen LogP contribution in [0.25, 0.3) is 0 Å². The van der Waals surface area contributed by atoms with Crippen LogP contribution < -0.4 is 4.74 Å². The molecule has 0 aromatic heterocycles. The minimum Gasteiger partial charge on any atom is -0.496 e. The van der Waals surface area contributed by atoms with Crippen molar-refractivity contribution in [1.29, 1.82) is 0 Å². The Morgan fingerprint density at radius 1 is 1.23 bits per heavy atom. The van der Waals surface area contributed by atoms with Crippen LogP contribution in [-0.2, 0) is 9.59 Å². The zero-order valence-corrected chi connectivity index (χ0v) is 15.9. The third-order valence-corrected chi connectivity index (χ3v) is 5.65. The highest BCUT2D eigenvalue weighted by Crippen LogP contribution is 2.41. The van der Waals surface area contributed by atoms with E-state index < -0.39 is 0 Å². The molecule has 2 aliphatic rings. The number of rotatable bonds is 6. The third-order valence-electron chi connectivity index (χ3n) is 5.65. The highest BCUT2D eigenvalue weighted by atomic mass is 16.5. The smallest absolute Gasteiger partial charge is 0.228 e. The average Bonchev–Trinajstić information content (AvgIpc) is 3.21. The first kappa shape index (κ1) is 18.7. The first-order valence-electron chi connectivity index (χ1n) is 9.88. The van der Waals surface area contributed by atoms with E-state index in [1.54, 1.807) is 7.11 Å². The second-order valence-corrected chi connectivity index (χ2v) is 7.31. The molecule has 5 heteroatoms. The van der Waals surface area contributed by atoms with Gasteiger partial charge in [0.15, 0.2) is 0 Å². The lowest BCUT2D eigenvalue weighted by molar-refractivity contribution is -0.147. The number of ether oxygens (including phenoxy) is 1. The Balaban J connectivity index is 1.98. The van der Waals surface area contributed by atoms with Crippen LogP contribution in [0.15, 0.2) is 24.3 Å². The van der Waals surface area contributed by atoms with Gasteiger partial charge in [-0.25, -0.2) is 0 Å². The number of carbonyl (C=O) groups is 2. The molecule has 0 radical (unpaired) electrons. The number of nitrogens with zero attached hydrogens (tertiary/aromatic N) is 2. The number of unbranched alkanes of at least 4 members (excludes halogenated alkanes) is 1. The number of para-hydroxylation sites is 1. The Morgan fingerprint density at radius 3 is 2.65 bits per heavy atom. The summed E-state index contributed by atoms with van der Waals surface area (Å²) < 4.78 is 5.58. The lowest BCUT2D eigenvalue weighted by Gasteiger charge is -2.42. The van der Waals surface area contributed by atoms with Crippen molar-refractivity contribution in [1.82, 2.24) is 9.80 Å². The molecule has 0 aliphatic carbocycles. The van der Waals surface area contributed by atoms with Crippen molar-refractivity contribution in [3.8, 4) is 5.75 Å². The number of likely N-dealkylation sites (tertiary alicyclic amines) is 2. The van der Waals surface area contributed by atoms with Crippen LogP contribution in [0.3, 0.4) is 0 Å². The van der Waals surface area contributed by atoms with E-state index in [0.717, 1.165) is 50.1 Å². The SMILES string of the molecule is CCCCN1C(=O)CCC(C(=O)N2CCCC2)C1c1ccccc1OC. The van der Waals surface area contributed by atoms with Gasteiger partial charge in [0.1, 0.15) is 5.75 Å². The molecule has 0 bridgehead atoms. The lowest BCUT2D eigenvalue weighted by Crippen LogP contribution is -2.49. The van der Waals surface area contributed by atoms with E-state index in [2.05, 4.69) is 6.92 Å². The molecule has 0 saturated carbocycles. The van der Waals surface area contributed by atoms with Gasteiger partial charge in [-0.2, -0.15) is 0 Å². The van der Waals surface area contributed by atoms with Crippen LogP contribution in [0, 0.1) is 5.92 Å². The fourth-order valence-corrected chi connectivity index (χ4v) is 4.27. The Kier molecular flexibility index (Phi) is 6.17. The van der Waals surface area contributed by atoms with Crippen LogP contribution in [0.1, 0.15) is 57.1 Å². The topological polar surface area (TPSA) is 49.9 Å². The molecule has 5 nitrogen and oxygen atoms in total. The summed E-state index contributed by atoms with van der Waals surface area (Å²) in [4.78, 5) is 29.9. The number of benzene rings is 1. The van der Waals surface area contributed by atoms with Crippen LogP contribution in [0.2, 0.25) is 0 Å². The molecule has 2 atom stereocenters. The fraction of sp³-hybridized carbons (Fsp3) is 0.619. The summed E-state index contributed by atoms with van der Waals surface area (Å²) in [5, 5.41) is 0. The summed E-state index contributed by atoms with van der Waals surface area (Å²) in [6.45, 7) is 4.51. The van der Waals surface area contributed by atoms with Crippen molar-refractivity contribution in [2.45, 2.75) is 51.5 Å². The maximum atomic E-state index is 13.3. The van der Waals surface area contributed by atoms with Gasteiger partial charge >= 0.3 is 0 Å². The quantitative estimate of drug-likeness (QED) is 0.783. The zero-order chi connectivity index (χ0) is 18.5. The number of methoxy groups -OCH3 is 1. The van der Waals surface area contributed by atoms with E-state index in [0.29, 0.717) is 19.4 Å². The van der Waals surface area contributed by atoms with Crippen molar-refractivity contribution >= 4 is 11.8 Å². The molecule has 2 amide bonds. The highest BCUT2D eigenvalue weighted by molar-refractivity contribution is 5.85. The van der Waals surface area contributed by atoms with E-state index in [4.69, 9.17) is 4.74 Å². The molecule has 26 heavy (non-hydrogen) atoms. The average molecular weight is 358 g/mol. The van der Waals surface area contributed by atoms with E-state index in [-0.39, 0.29) is 23.8 Å². The molecule has 1 aromatic rings. The van der Waals surface area contributed by atoms with E-state index in [1.807, 2.05) is 34.1 Å². The molecule has 142 valence electrons. The summed E-state index contributed by atoms with van der Waals surface area (Å²) in [5.41, 5.74) is 0.955. The van der Waals surface area contributed by atoms with Crippen molar-refractivity contribution in [3.05, 3.63) is 29.8 Å². The normalized spacial score (nSPS) is 23.4. The van der Waals surface area contributed by atoms with Crippen molar-refractivity contribution in [2.24, 2.45) is 5.92 Å². The highest BCUT2D eigenvalue weighted by Gasteiger charge is 2.43. The summed E-state index contributed by atoms with van der Waals surface area (Å²) in [5.74, 6) is 0.930. The number of piperidine rings is 1. The Bertz CT molecular complexity index is 640. The second-order valence-electron chi connectivity index (χ2n) is 7.31. The molecule has 2 unspecified atom stereocenters. The minimum absolute atomic E-state index is 0.153. The van der Waals surface area contributed by atoms with Gasteiger partial charge in [0.2, 0.25) is 11.8 Å². The molecular weight excluding hydrogens is 328 g/mol. The van der Waals surface area contributed by atoms with Crippen LogP contribution in [0.4, 0.5) is 0 Å². The summed E-state index contributed by atoms with van der Waals surface area (Å²) in [7, 11) is 1.65. The fourth-order valence-electron chi connectivity index (χ4n) is 4.27. The van der Waals surface area contributed by atoms with Gasteiger partial charge in [-0.15, -0.1) is 0 Å². The molecule has 0 N–H and O–H groups in total. The predicted molar refractivity (Wildman–Crippen MR) is 101 cm³/mol. The van der Waals surface area contributed by atoms with Gasteiger partial charge in [-0.3, -0.25) is 9.59 Å². The van der Waals surface area contributed by atoms with Gasteiger partial charge in [0.25, 0.3) is 0 Å². The summed E-state index contributed by atoms with van der Waals surface area (Å²) in [6, 6.07) is 7.59. The largest absolute Gasteiger partial charge is 0.496 e. The molecule has 2 aliphatic heterocycles. The van der Waals surface area contributed by atoms with Crippen LogP contribution in [-0.4, -0.2) is 48.4 Å². The lowest BCUT2D eigenvalue weighted by atomic mass is 9.82. The maximum Gasteiger partial charge on any atom is 0.228 e. The molecule has 3 rings (SSSR count). The monoisotopic (exact) mass is 358 g/mol. The molecular formula is C21H30N2O3. The Hall–Kier alpha value is -2.04. The molecule has 1 aromatic carbocycles. The standard InChI is InChI=1S/C21H30N2O3/c1-3-4-15-23-19(24)12-11-17(21(25)22-13-7-8-14-22)20(23)16-9-5-6-10-18(16)26-2/h5-6,9-10,17,20H,3-4,7-8,11-15H2,1-2H3. The minimum atomic E-state index is -0.230. The van der Waals surface area contributed by atoms with Crippen LogP contribution in [0.5, 0.6) is 5.75 Å². The van der Waals surface area contributed by atoms with Gasteiger partial charge < -0.3 is 14.5 Å². The van der Waals surface area contributed by atoms with Gasteiger partial charge in [0.05, 0.1) is 19.1 Å². The van der Waals surface area contributed by atoms with Gasteiger partial charge in [-0.05, 0) is 31.7 Å². The molecule has 2 fully saturated rings. The molecule has 0 spiro atoms. The molecule has 2 saturated heterocycles. The number of amides is 2. The number of carbonyl (C=O) groups excluding carboxylic acids is 2. The van der Waals surface area contributed by atoms with E-state index >= 15 is 0 Å². The van der Waals surface area contributed by atoms with Crippen molar-refractivity contribution in [3.63, 3.8) is 0 Å². The summed E-state index contributed by atoms with van der Waals surface area (Å²) in [6.07, 6.45) is 5.21. The van der Waals surface area contributed by atoms with Crippen molar-refractivity contribution in [2.75, 3.05) is 26.7 Å². The van der Waals surface area contributed by atoms with Crippen molar-refractivity contribution < 1.29 is 14.3 Å². The Labute approximate surface area is 156 Å². The van der Waals surface area contributed by atoms with Gasteiger partial charge in [0, 0.05) is 31.6 Å². The first-order valence-corrected chi connectivity index (χ1v) is 9.88. The number of hydrogen-bond donors (Lipinski definition) is 0. The second kappa shape index (κ2) is 8.56. The Morgan fingerprint density at radius 2 is 1.96 bits per heavy atom.